The Hall–Kier alpha value is -2.70. The number of carbonyl (C=O) groups is 1. The topological polar surface area (TPSA) is 60.2 Å². The lowest BCUT2D eigenvalue weighted by Gasteiger charge is -2.14. The third-order valence-corrected chi connectivity index (χ3v) is 4.04. The molecule has 2 heterocycles. The molecule has 0 radical (unpaired) electrons. The number of amides is 1. The second-order valence-corrected chi connectivity index (χ2v) is 5.71. The van der Waals surface area contributed by atoms with Crippen LogP contribution in [0.25, 0.3) is 6.08 Å². The maximum Gasteiger partial charge on any atom is 0.246 e. The molecule has 1 amide bonds. The van der Waals surface area contributed by atoms with E-state index < -0.39 is 5.82 Å². The molecule has 0 saturated heterocycles. The zero-order valence-corrected chi connectivity index (χ0v) is 13.7. The van der Waals surface area contributed by atoms with Gasteiger partial charge in [0.05, 0.1) is 13.7 Å². The molecule has 1 aliphatic heterocycles. The maximum absolute atomic E-state index is 13.6. The third-order valence-electron chi connectivity index (χ3n) is 4.04. The number of halogens is 1. The van der Waals surface area contributed by atoms with Crippen LogP contribution in [-0.4, -0.2) is 39.7 Å². The number of hydrogen-bond donors (Lipinski definition) is 0. The van der Waals surface area contributed by atoms with E-state index in [1.165, 1.54) is 25.3 Å². The van der Waals surface area contributed by atoms with Crippen molar-refractivity contribution in [3.05, 3.63) is 47.3 Å². The molecule has 3 rings (SSSR count). The Bertz CT molecular complexity index is 785. The van der Waals surface area contributed by atoms with Gasteiger partial charge in [0.25, 0.3) is 0 Å². The van der Waals surface area contributed by atoms with Gasteiger partial charge in [0.15, 0.2) is 17.4 Å². The zero-order valence-electron chi connectivity index (χ0n) is 13.7. The molecule has 24 heavy (non-hydrogen) atoms. The van der Waals surface area contributed by atoms with Gasteiger partial charge in [-0.05, 0) is 30.2 Å². The minimum atomic E-state index is -0.459. The van der Waals surface area contributed by atoms with Crippen LogP contribution in [0.3, 0.4) is 0 Å². The normalized spacial score (nSPS) is 13.3. The number of aromatic nitrogens is 3. The largest absolute Gasteiger partial charge is 0.494 e. The minimum Gasteiger partial charge on any atom is -0.494 e. The molecule has 0 unspecified atom stereocenters. The Morgan fingerprint density at radius 3 is 3.04 bits per heavy atom. The fraction of sp³-hybridized carbons (Fsp3) is 0.353. The average Bonchev–Trinajstić information content (AvgIpc) is 3.17. The van der Waals surface area contributed by atoms with Crippen LogP contribution >= 0.6 is 0 Å². The number of fused-ring (bicyclic) bond motifs is 1. The predicted molar refractivity (Wildman–Crippen MR) is 86.8 cm³/mol. The van der Waals surface area contributed by atoms with Gasteiger partial charge in [0.1, 0.15) is 5.82 Å². The van der Waals surface area contributed by atoms with E-state index in [2.05, 4.69) is 14.8 Å². The van der Waals surface area contributed by atoms with Crippen molar-refractivity contribution in [2.24, 2.45) is 0 Å². The van der Waals surface area contributed by atoms with E-state index in [0.29, 0.717) is 12.1 Å². The number of nitrogens with zero attached hydrogens (tertiary/aromatic N) is 4. The SMILES string of the molecule is COc1ccc(/C=C/C(=O)N(C)Cc2nnc3n2CCC3)cc1F. The number of methoxy groups -OCH3 is 1. The summed E-state index contributed by atoms with van der Waals surface area (Å²) in [5.41, 5.74) is 0.596. The molecule has 0 bridgehead atoms. The van der Waals surface area contributed by atoms with Crippen LogP contribution in [-0.2, 0) is 24.3 Å². The molecule has 1 aromatic carbocycles. The quantitative estimate of drug-likeness (QED) is 0.787. The molecule has 126 valence electrons. The number of likely N-dealkylation sites (N-methyl/N-ethyl adjacent to an activating group) is 1. The first-order chi connectivity index (χ1) is 11.6. The summed E-state index contributed by atoms with van der Waals surface area (Å²) in [4.78, 5) is 13.8. The van der Waals surface area contributed by atoms with Crippen LogP contribution in [0.15, 0.2) is 24.3 Å². The van der Waals surface area contributed by atoms with Gasteiger partial charge in [-0.25, -0.2) is 4.39 Å². The molecule has 1 aliphatic rings. The monoisotopic (exact) mass is 330 g/mol. The van der Waals surface area contributed by atoms with Crippen LogP contribution in [0.5, 0.6) is 5.75 Å². The highest BCUT2D eigenvalue weighted by Gasteiger charge is 2.19. The summed E-state index contributed by atoms with van der Waals surface area (Å²) in [6.07, 6.45) is 5.00. The Morgan fingerprint density at radius 2 is 2.29 bits per heavy atom. The van der Waals surface area contributed by atoms with Crippen molar-refractivity contribution in [2.45, 2.75) is 25.9 Å². The highest BCUT2D eigenvalue weighted by Crippen LogP contribution is 2.18. The maximum atomic E-state index is 13.6. The Morgan fingerprint density at radius 1 is 1.46 bits per heavy atom. The van der Waals surface area contributed by atoms with Crippen molar-refractivity contribution in [3.8, 4) is 5.75 Å². The minimum absolute atomic E-state index is 0.177. The molecule has 2 aromatic rings. The molecule has 0 atom stereocenters. The lowest BCUT2D eigenvalue weighted by Crippen LogP contribution is -2.25. The Balaban J connectivity index is 1.64. The Kier molecular flexibility index (Phi) is 4.59. The van der Waals surface area contributed by atoms with Crippen molar-refractivity contribution in [2.75, 3.05) is 14.2 Å². The van der Waals surface area contributed by atoms with Crippen molar-refractivity contribution in [1.82, 2.24) is 19.7 Å². The van der Waals surface area contributed by atoms with E-state index in [1.54, 1.807) is 24.1 Å². The summed E-state index contributed by atoms with van der Waals surface area (Å²) in [7, 11) is 3.12. The average molecular weight is 330 g/mol. The second kappa shape index (κ2) is 6.82. The number of aryl methyl sites for hydroxylation is 1. The molecule has 0 spiro atoms. The van der Waals surface area contributed by atoms with Crippen LogP contribution in [0, 0.1) is 5.82 Å². The predicted octanol–water partition coefficient (Wildman–Crippen LogP) is 2.04. The first-order valence-corrected chi connectivity index (χ1v) is 7.76. The van der Waals surface area contributed by atoms with Crippen LogP contribution in [0.4, 0.5) is 4.39 Å². The van der Waals surface area contributed by atoms with Gasteiger partial charge in [-0.2, -0.15) is 0 Å². The van der Waals surface area contributed by atoms with Gasteiger partial charge >= 0.3 is 0 Å². The second-order valence-electron chi connectivity index (χ2n) is 5.71. The van der Waals surface area contributed by atoms with Crippen molar-refractivity contribution < 1.29 is 13.9 Å². The lowest BCUT2D eigenvalue weighted by molar-refractivity contribution is -0.125. The number of hydrogen-bond acceptors (Lipinski definition) is 4. The van der Waals surface area contributed by atoms with E-state index in [-0.39, 0.29) is 11.7 Å². The van der Waals surface area contributed by atoms with Gasteiger partial charge in [0, 0.05) is 26.1 Å². The van der Waals surface area contributed by atoms with Gasteiger partial charge in [-0.3, -0.25) is 4.79 Å². The van der Waals surface area contributed by atoms with E-state index in [1.807, 2.05) is 0 Å². The first kappa shape index (κ1) is 16.2. The zero-order chi connectivity index (χ0) is 17.1. The number of carbonyl (C=O) groups excluding carboxylic acids is 1. The standard InChI is InChI=1S/C17H19FN4O2/c1-21(11-16-20-19-15-4-3-9-22(15)16)17(23)8-6-12-5-7-14(24-2)13(18)10-12/h5-8,10H,3-4,9,11H2,1-2H3/b8-6+. The van der Waals surface area contributed by atoms with E-state index in [9.17, 15) is 9.18 Å². The summed E-state index contributed by atoms with van der Waals surface area (Å²) in [6.45, 7) is 1.30. The van der Waals surface area contributed by atoms with Gasteiger partial charge in [-0.1, -0.05) is 6.07 Å². The van der Waals surface area contributed by atoms with Crippen molar-refractivity contribution >= 4 is 12.0 Å². The van der Waals surface area contributed by atoms with Crippen LogP contribution in [0.2, 0.25) is 0 Å². The van der Waals surface area contributed by atoms with E-state index in [4.69, 9.17) is 4.74 Å². The lowest BCUT2D eigenvalue weighted by atomic mass is 10.2. The number of rotatable bonds is 5. The molecular formula is C17H19FN4O2. The fourth-order valence-electron chi connectivity index (χ4n) is 2.70. The summed E-state index contributed by atoms with van der Waals surface area (Å²) in [6, 6.07) is 4.55. The summed E-state index contributed by atoms with van der Waals surface area (Å²) in [5.74, 6) is 1.31. The van der Waals surface area contributed by atoms with E-state index in [0.717, 1.165) is 31.0 Å². The molecule has 0 aliphatic carbocycles. The highest BCUT2D eigenvalue weighted by molar-refractivity contribution is 5.91. The summed E-state index contributed by atoms with van der Waals surface area (Å²) < 4.78 is 20.6. The Labute approximate surface area is 139 Å². The third kappa shape index (κ3) is 3.29. The molecular weight excluding hydrogens is 311 g/mol. The van der Waals surface area contributed by atoms with Crippen molar-refractivity contribution in [3.63, 3.8) is 0 Å². The van der Waals surface area contributed by atoms with Crippen molar-refractivity contribution in [1.29, 1.82) is 0 Å². The number of benzene rings is 1. The molecule has 6 nitrogen and oxygen atoms in total. The van der Waals surface area contributed by atoms with Gasteiger partial charge in [0.2, 0.25) is 5.91 Å². The number of ether oxygens (including phenoxy) is 1. The molecule has 7 heteroatoms. The van der Waals surface area contributed by atoms with Gasteiger partial charge in [-0.15, -0.1) is 10.2 Å². The summed E-state index contributed by atoms with van der Waals surface area (Å²) in [5, 5.41) is 8.27. The van der Waals surface area contributed by atoms with Crippen LogP contribution in [0.1, 0.15) is 23.6 Å². The highest BCUT2D eigenvalue weighted by atomic mass is 19.1. The summed E-state index contributed by atoms with van der Waals surface area (Å²) >= 11 is 0. The van der Waals surface area contributed by atoms with Gasteiger partial charge < -0.3 is 14.2 Å². The fourth-order valence-corrected chi connectivity index (χ4v) is 2.70. The molecule has 0 saturated carbocycles. The molecule has 1 aromatic heterocycles. The van der Waals surface area contributed by atoms with Crippen LogP contribution < -0.4 is 4.74 Å². The molecule has 0 fully saturated rings. The van der Waals surface area contributed by atoms with E-state index >= 15 is 0 Å². The molecule has 0 N–H and O–H groups in total. The smallest absolute Gasteiger partial charge is 0.246 e. The first-order valence-electron chi connectivity index (χ1n) is 7.76.